The maximum absolute atomic E-state index is 10.0. The van der Waals surface area contributed by atoms with E-state index in [9.17, 15) is 9.59 Å². The summed E-state index contributed by atoms with van der Waals surface area (Å²) >= 11 is 0. The minimum absolute atomic E-state index is 0.0625. The molecule has 0 saturated heterocycles. The Kier molecular flexibility index (Phi) is 18.2. The number of carbonyl (C=O) groups excluding carboxylic acids is 2. The van der Waals surface area contributed by atoms with Gasteiger partial charge in [-0.15, -0.1) is 0 Å². The molecule has 3 heteroatoms. The third-order valence-corrected chi connectivity index (χ3v) is 4.44. The highest BCUT2D eigenvalue weighted by Crippen LogP contribution is 2.16. The summed E-state index contributed by atoms with van der Waals surface area (Å²) in [4.78, 5) is 20.1. The molecule has 0 aliphatic rings. The Labute approximate surface area is 151 Å². The molecule has 0 amide bonds. The smallest absolute Gasteiger partial charge is 0.137 e. The SMILES string of the molecule is CC(=O)CC(C)=O.CCCC[N+](CCCC)(CCCC)CCCC. The second-order valence-electron chi connectivity index (χ2n) is 7.23. The first-order valence-electron chi connectivity index (χ1n) is 10.2. The first-order valence-corrected chi connectivity index (χ1v) is 10.2. The fourth-order valence-electron chi connectivity index (χ4n) is 3.00. The van der Waals surface area contributed by atoms with E-state index < -0.39 is 0 Å². The normalized spacial score (nSPS) is 10.9. The average Bonchev–Trinajstić information content (AvgIpc) is 2.53. The summed E-state index contributed by atoms with van der Waals surface area (Å²) in [6.45, 7) is 17.8. The molecule has 0 spiro atoms. The van der Waals surface area contributed by atoms with Crippen molar-refractivity contribution in [1.82, 2.24) is 0 Å². The zero-order valence-electron chi connectivity index (χ0n) is 17.5. The molecule has 0 bridgehead atoms. The predicted octanol–water partition coefficient (Wildman–Crippen LogP) is 5.56. The van der Waals surface area contributed by atoms with Crippen molar-refractivity contribution in [1.29, 1.82) is 0 Å². The molecule has 0 radical (unpaired) electrons. The standard InChI is InChI=1S/C16H36N.C5H8O2/c1-5-9-13-17(14-10-6-2,15-11-7-3)16-12-8-4;1-4(6)3-5(2)7/h5-16H2,1-4H3;3H2,1-2H3/q+1;. The average molecular weight is 343 g/mol. The molecule has 0 fully saturated rings. The molecule has 0 aliphatic heterocycles. The molecule has 0 atom stereocenters. The third-order valence-electron chi connectivity index (χ3n) is 4.44. The van der Waals surface area contributed by atoms with Gasteiger partial charge in [0.05, 0.1) is 32.6 Å². The Bertz CT molecular complexity index is 263. The van der Waals surface area contributed by atoms with Crippen LogP contribution in [0.2, 0.25) is 0 Å². The van der Waals surface area contributed by atoms with Crippen LogP contribution >= 0.6 is 0 Å². The molecule has 144 valence electrons. The fourth-order valence-corrected chi connectivity index (χ4v) is 3.00. The number of Topliss-reactive ketones (excluding diaryl/α,β-unsaturated/α-hetero) is 2. The molecule has 0 aliphatic carbocycles. The second kappa shape index (κ2) is 17.1. The maximum atomic E-state index is 10.0. The van der Waals surface area contributed by atoms with Crippen LogP contribution in [0.15, 0.2) is 0 Å². The lowest BCUT2D eigenvalue weighted by Crippen LogP contribution is -2.50. The molecule has 0 aromatic rings. The minimum atomic E-state index is -0.0625. The lowest BCUT2D eigenvalue weighted by atomic mass is 10.1. The molecule has 0 rings (SSSR count). The molecule has 0 aromatic carbocycles. The molecule has 0 heterocycles. The lowest BCUT2D eigenvalue weighted by molar-refractivity contribution is -0.929. The summed E-state index contributed by atoms with van der Waals surface area (Å²) in [6.07, 6.45) is 11.1. The van der Waals surface area contributed by atoms with Gasteiger partial charge in [-0.25, -0.2) is 0 Å². The maximum Gasteiger partial charge on any atom is 0.137 e. The second-order valence-corrected chi connectivity index (χ2v) is 7.23. The number of quaternary nitrogens is 1. The van der Waals surface area contributed by atoms with Gasteiger partial charge in [-0.05, 0) is 39.5 Å². The summed E-state index contributed by atoms with van der Waals surface area (Å²) in [5, 5.41) is 0. The number of rotatable bonds is 14. The van der Waals surface area contributed by atoms with Crippen LogP contribution in [0.4, 0.5) is 0 Å². The van der Waals surface area contributed by atoms with Gasteiger partial charge >= 0.3 is 0 Å². The molecular weight excluding hydrogens is 298 g/mol. The minimum Gasteiger partial charge on any atom is -0.324 e. The number of hydrogen-bond donors (Lipinski definition) is 0. The van der Waals surface area contributed by atoms with Gasteiger partial charge in [0.1, 0.15) is 11.6 Å². The van der Waals surface area contributed by atoms with Gasteiger partial charge in [0.25, 0.3) is 0 Å². The zero-order chi connectivity index (χ0) is 18.8. The quantitative estimate of drug-likeness (QED) is 0.306. The van der Waals surface area contributed by atoms with E-state index in [1.54, 1.807) is 0 Å². The molecule has 0 N–H and O–H groups in total. The summed E-state index contributed by atoms with van der Waals surface area (Å²) in [5.74, 6) is -0.125. The first-order chi connectivity index (χ1) is 11.4. The Morgan fingerprint density at radius 1 is 0.583 bits per heavy atom. The highest BCUT2D eigenvalue weighted by atomic mass is 16.1. The van der Waals surface area contributed by atoms with E-state index in [-0.39, 0.29) is 18.0 Å². The number of nitrogens with zero attached hydrogens (tertiary/aromatic N) is 1. The van der Waals surface area contributed by atoms with E-state index in [2.05, 4.69) is 27.7 Å². The van der Waals surface area contributed by atoms with Crippen LogP contribution in [0.1, 0.15) is 99.3 Å². The van der Waals surface area contributed by atoms with Gasteiger partial charge in [-0.3, -0.25) is 9.59 Å². The lowest BCUT2D eigenvalue weighted by Gasteiger charge is -2.39. The van der Waals surface area contributed by atoms with Gasteiger partial charge in [0.15, 0.2) is 0 Å². The van der Waals surface area contributed by atoms with Gasteiger partial charge in [-0.2, -0.15) is 0 Å². The van der Waals surface area contributed by atoms with E-state index in [4.69, 9.17) is 0 Å². The Hall–Kier alpha value is -0.700. The van der Waals surface area contributed by atoms with Gasteiger partial charge < -0.3 is 4.48 Å². The van der Waals surface area contributed by atoms with E-state index in [1.807, 2.05) is 0 Å². The van der Waals surface area contributed by atoms with Crippen molar-refractivity contribution in [2.24, 2.45) is 0 Å². The third kappa shape index (κ3) is 16.2. The monoisotopic (exact) mass is 342 g/mol. The van der Waals surface area contributed by atoms with Crippen molar-refractivity contribution < 1.29 is 14.1 Å². The van der Waals surface area contributed by atoms with Crippen LogP contribution in [0.25, 0.3) is 0 Å². The number of hydrogen-bond acceptors (Lipinski definition) is 2. The molecule has 3 nitrogen and oxygen atoms in total. The zero-order valence-corrected chi connectivity index (χ0v) is 17.5. The van der Waals surface area contributed by atoms with Crippen LogP contribution in [0.5, 0.6) is 0 Å². The Morgan fingerprint density at radius 2 is 0.833 bits per heavy atom. The van der Waals surface area contributed by atoms with Crippen LogP contribution < -0.4 is 0 Å². The van der Waals surface area contributed by atoms with Gasteiger partial charge in [0, 0.05) is 0 Å². The van der Waals surface area contributed by atoms with E-state index in [1.165, 1.54) is 95.9 Å². The summed E-state index contributed by atoms with van der Waals surface area (Å²) in [6, 6.07) is 0. The van der Waals surface area contributed by atoms with Crippen molar-refractivity contribution in [3.63, 3.8) is 0 Å². The van der Waals surface area contributed by atoms with Crippen molar-refractivity contribution in [3.8, 4) is 0 Å². The van der Waals surface area contributed by atoms with Crippen molar-refractivity contribution in [2.45, 2.75) is 99.3 Å². The van der Waals surface area contributed by atoms with Crippen molar-refractivity contribution in [3.05, 3.63) is 0 Å². The van der Waals surface area contributed by atoms with Crippen LogP contribution in [0, 0.1) is 0 Å². The molecular formula is C21H44NO2+. The van der Waals surface area contributed by atoms with Crippen molar-refractivity contribution in [2.75, 3.05) is 26.2 Å². The number of ketones is 2. The van der Waals surface area contributed by atoms with Gasteiger partial charge in [-0.1, -0.05) is 53.4 Å². The van der Waals surface area contributed by atoms with Crippen molar-refractivity contribution >= 4 is 11.6 Å². The molecule has 24 heavy (non-hydrogen) atoms. The number of carbonyl (C=O) groups is 2. The Balaban J connectivity index is 0. The van der Waals surface area contributed by atoms with E-state index >= 15 is 0 Å². The predicted molar refractivity (Wildman–Crippen MR) is 105 cm³/mol. The Morgan fingerprint density at radius 3 is 0.958 bits per heavy atom. The topological polar surface area (TPSA) is 34.1 Å². The molecule has 0 saturated carbocycles. The molecule has 0 unspecified atom stereocenters. The summed E-state index contributed by atoms with van der Waals surface area (Å²) in [7, 11) is 0. The highest BCUT2D eigenvalue weighted by molar-refractivity contribution is 5.96. The number of unbranched alkanes of at least 4 members (excludes halogenated alkanes) is 4. The summed E-state index contributed by atoms with van der Waals surface area (Å²) in [5.41, 5.74) is 0. The largest absolute Gasteiger partial charge is 0.324 e. The van der Waals surface area contributed by atoms with Crippen LogP contribution in [0.3, 0.4) is 0 Å². The van der Waals surface area contributed by atoms with Crippen LogP contribution in [-0.4, -0.2) is 42.2 Å². The van der Waals surface area contributed by atoms with E-state index in [0.717, 1.165) is 0 Å². The summed E-state index contributed by atoms with van der Waals surface area (Å²) < 4.78 is 1.42. The first kappa shape index (κ1) is 25.5. The van der Waals surface area contributed by atoms with Gasteiger partial charge in [0.2, 0.25) is 0 Å². The van der Waals surface area contributed by atoms with E-state index in [0.29, 0.717) is 0 Å². The molecule has 0 aromatic heterocycles. The van der Waals surface area contributed by atoms with Crippen LogP contribution in [-0.2, 0) is 9.59 Å². The highest BCUT2D eigenvalue weighted by Gasteiger charge is 2.24. The fraction of sp³-hybridized carbons (Fsp3) is 0.905.